The van der Waals surface area contributed by atoms with Crippen LogP contribution in [-0.2, 0) is 11.3 Å². The summed E-state index contributed by atoms with van der Waals surface area (Å²) in [5.74, 6) is -0.0394. The van der Waals surface area contributed by atoms with Crippen LogP contribution in [0.4, 0.5) is 11.4 Å². The van der Waals surface area contributed by atoms with Crippen molar-refractivity contribution in [1.29, 1.82) is 0 Å². The summed E-state index contributed by atoms with van der Waals surface area (Å²) in [5, 5.41) is 14.2. The van der Waals surface area contributed by atoms with Gasteiger partial charge in [-0.05, 0) is 31.9 Å². The van der Waals surface area contributed by atoms with Gasteiger partial charge in [-0.3, -0.25) is 24.3 Å². The second kappa shape index (κ2) is 8.35. The molecule has 0 aliphatic heterocycles. The van der Waals surface area contributed by atoms with E-state index in [2.05, 4.69) is 10.3 Å². The van der Waals surface area contributed by atoms with E-state index in [0.717, 1.165) is 16.0 Å². The van der Waals surface area contributed by atoms with Crippen molar-refractivity contribution in [3.63, 3.8) is 0 Å². The summed E-state index contributed by atoms with van der Waals surface area (Å²) in [6.07, 6.45) is 0. The topological polar surface area (TPSA) is 107 Å². The van der Waals surface area contributed by atoms with E-state index in [4.69, 9.17) is 0 Å². The fourth-order valence-electron chi connectivity index (χ4n) is 3.63. The number of fused-ring (bicyclic) bond motifs is 1. The molecule has 4 rings (SSSR count). The van der Waals surface area contributed by atoms with Crippen LogP contribution >= 0.6 is 11.3 Å². The number of nitrogens with zero attached hydrogens (tertiary/aromatic N) is 3. The Morgan fingerprint density at radius 2 is 1.88 bits per heavy atom. The zero-order valence-electron chi connectivity index (χ0n) is 17.7. The van der Waals surface area contributed by atoms with Crippen LogP contribution in [0, 0.1) is 30.9 Å². The summed E-state index contributed by atoms with van der Waals surface area (Å²) < 4.78 is 1.34. The van der Waals surface area contributed by atoms with Crippen molar-refractivity contribution in [2.75, 3.05) is 5.32 Å². The third kappa shape index (κ3) is 3.90. The Bertz CT molecular complexity index is 1420. The molecule has 0 saturated heterocycles. The van der Waals surface area contributed by atoms with E-state index in [-0.39, 0.29) is 17.8 Å². The van der Waals surface area contributed by atoms with Crippen molar-refractivity contribution in [2.45, 2.75) is 27.3 Å². The summed E-state index contributed by atoms with van der Waals surface area (Å²) in [5.41, 5.74) is 2.35. The molecular weight excluding hydrogens is 428 g/mol. The largest absolute Gasteiger partial charge is 0.324 e. The first-order valence-corrected chi connectivity index (χ1v) is 10.7. The predicted molar refractivity (Wildman–Crippen MR) is 125 cm³/mol. The van der Waals surface area contributed by atoms with Gasteiger partial charge in [0, 0.05) is 22.6 Å². The van der Waals surface area contributed by atoms with Crippen molar-refractivity contribution < 1.29 is 9.72 Å². The summed E-state index contributed by atoms with van der Waals surface area (Å²) in [6, 6.07) is 13.9. The molecule has 0 aliphatic carbocycles. The highest BCUT2D eigenvalue weighted by atomic mass is 32.1. The summed E-state index contributed by atoms with van der Waals surface area (Å²) in [7, 11) is 0. The molecule has 0 atom stereocenters. The molecule has 0 fully saturated rings. The molecule has 0 unspecified atom stereocenters. The van der Waals surface area contributed by atoms with Crippen LogP contribution in [0.5, 0.6) is 0 Å². The normalized spacial score (nSPS) is 11.0. The van der Waals surface area contributed by atoms with Crippen LogP contribution in [0.25, 0.3) is 21.3 Å². The molecule has 0 radical (unpaired) electrons. The number of nitro groups is 1. The molecule has 0 spiro atoms. The maximum Gasteiger partial charge on any atom is 0.271 e. The molecule has 2 aromatic carbocycles. The third-order valence-electron chi connectivity index (χ3n) is 5.25. The highest BCUT2D eigenvalue weighted by Crippen LogP contribution is 2.35. The van der Waals surface area contributed by atoms with E-state index >= 15 is 0 Å². The predicted octanol–water partition coefficient (Wildman–Crippen LogP) is 4.60. The fourth-order valence-corrected chi connectivity index (χ4v) is 4.71. The van der Waals surface area contributed by atoms with Gasteiger partial charge >= 0.3 is 0 Å². The van der Waals surface area contributed by atoms with Gasteiger partial charge in [-0.1, -0.05) is 36.4 Å². The van der Waals surface area contributed by atoms with Crippen molar-refractivity contribution in [3.05, 3.63) is 85.3 Å². The summed E-state index contributed by atoms with van der Waals surface area (Å²) >= 11 is 1.45. The maximum atomic E-state index is 13.4. The van der Waals surface area contributed by atoms with Gasteiger partial charge < -0.3 is 5.32 Å². The minimum Gasteiger partial charge on any atom is -0.324 e. The van der Waals surface area contributed by atoms with E-state index in [1.54, 1.807) is 19.9 Å². The summed E-state index contributed by atoms with van der Waals surface area (Å²) in [4.78, 5) is 42.9. The van der Waals surface area contributed by atoms with Gasteiger partial charge in [-0.2, -0.15) is 0 Å². The summed E-state index contributed by atoms with van der Waals surface area (Å²) in [6.45, 7) is 5.12. The molecule has 2 aromatic heterocycles. The van der Waals surface area contributed by atoms with E-state index in [1.807, 2.05) is 37.3 Å². The Morgan fingerprint density at radius 3 is 2.56 bits per heavy atom. The highest BCUT2D eigenvalue weighted by Gasteiger charge is 2.20. The molecule has 1 amide bonds. The Balaban J connectivity index is 1.73. The minimum atomic E-state index is -0.522. The monoisotopic (exact) mass is 448 g/mol. The van der Waals surface area contributed by atoms with Crippen molar-refractivity contribution in [2.24, 2.45) is 0 Å². The number of nitro benzene ring substituents is 1. The SMILES string of the molecule is Cc1ccc([N+](=O)[O-])cc1NC(=O)Cn1c(C)nc2sc(C)c(-c3ccccc3)c2c1=O. The van der Waals surface area contributed by atoms with Crippen molar-refractivity contribution in [3.8, 4) is 11.1 Å². The number of hydrogen-bond donors (Lipinski definition) is 1. The molecule has 162 valence electrons. The van der Waals surface area contributed by atoms with Crippen LogP contribution in [0.3, 0.4) is 0 Å². The second-order valence-corrected chi connectivity index (χ2v) is 8.64. The molecule has 8 nitrogen and oxygen atoms in total. The van der Waals surface area contributed by atoms with E-state index in [9.17, 15) is 19.7 Å². The highest BCUT2D eigenvalue weighted by molar-refractivity contribution is 7.19. The number of carbonyl (C=O) groups excluding carboxylic acids is 1. The Morgan fingerprint density at radius 1 is 1.16 bits per heavy atom. The third-order valence-corrected chi connectivity index (χ3v) is 6.25. The lowest BCUT2D eigenvalue weighted by molar-refractivity contribution is -0.384. The number of amides is 1. The molecule has 2 heterocycles. The lowest BCUT2D eigenvalue weighted by Gasteiger charge is -2.12. The lowest BCUT2D eigenvalue weighted by atomic mass is 10.0. The van der Waals surface area contributed by atoms with Gasteiger partial charge in [0.05, 0.1) is 16.0 Å². The number of aryl methyl sites for hydroxylation is 3. The first-order chi connectivity index (χ1) is 15.3. The van der Waals surface area contributed by atoms with Gasteiger partial charge in [-0.15, -0.1) is 11.3 Å². The van der Waals surface area contributed by atoms with Gasteiger partial charge in [-0.25, -0.2) is 4.98 Å². The Kier molecular flexibility index (Phi) is 5.58. The number of nitrogens with one attached hydrogen (secondary N) is 1. The smallest absolute Gasteiger partial charge is 0.271 e. The number of rotatable bonds is 5. The van der Waals surface area contributed by atoms with Gasteiger partial charge in [0.1, 0.15) is 17.2 Å². The van der Waals surface area contributed by atoms with Gasteiger partial charge in [0.15, 0.2) is 0 Å². The van der Waals surface area contributed by atoms with Crippen LogP contribution in [0.2, 0.25) is 0 Å². The van der Waals surface area contributed by atoms with E-state index < -0.39 is 10.8 Å². The number of aromatic nitrogens is 2. The number of thiophene rings is 1. The maximum absolute atomic E-state index is 13.4. The molecule has 9 heteroatoms. The molecule has 0 aliphatic rings. The quantitative estimate of drug-likeness (QED) is 0.355. The molecule has 4 aromatic rings. The van der Waals surface area contributed by atoms with E-state index in [0.29, 0.717) is 27.3 Å². The van der Waals surface area contributed by atoms with Crippen LogP contribution < -0.4 is 10.9 Å². The van der Waals surface area contributed by atoms with E-state index in [1.165, 1.54) is 28.0 Å². The average Bonchev–Trinajstić information content (AvgIpc) is 3.08. The zero-order valence-corrected chi connectivity index (χ0v) is 18.5. The molecule has 0 bridgehead atoms. The molecule has 32 heavy (non-hydrogen) atoms. The lowest BCUT2D eigenvalue weighted by Crippen LogP contribution is -2.30. The number of hydrogen-bond acceptors (Lipinski definition) is 6. The van der Waals surface area contributed by atoms with Gasteiger partial charge in [0.2, 0.25) is 5.91 Å². The molecule has 0 saturated carbocycles. The first-order valence-electron chi connectivity index (χ1n) is 9.87. The fraction of sp³-hybridized carbons (Fsp3) is 0.174. The Hall–Kier alpha value is -3.85. The standard InChI is InChI=1S/C23H20N4O4S/c1-13-9-10-17(27(30)31)11-18(13)25-19(28)12-26-15(3)24-22-21(23(26)29)20(14(2)32-22)16-7-5-4-6-8-16/h4-11H,12H2,1-3H3,(H,25,28). The first kappa shape index (κ1) is 21.4. The van der Waals surface area contributed by atoms with Crippen LogP contribution in [0.15, 0.2) is 53.3 Å². The van der Waals surface area contributed by atoms with Crippen molar-refractivity contribution >= 4 is 38.8 Å². The Labute approximate surface area is 187 Å². The average molecular weight is 449 g/mol. The minimum absolute atomic E-state index is 0.122. The van der Waals surface area contributed by atoms with Crippen LogP contribution in [0.1, 0.15) is 16.3 Å². The van der Waals surface area contributed by atoms with Crippen LogP contribution in [-0.4, -0.2) is 20.4 Å². The molecule has 1 N–H and O–H groups in total. The number of anilines is 1. The van der Waals surface area contributed by atoms with Gasteiger partial charge in [0.25, 0.3) is 11.2 Å². The van der Waals surface area contributed by atoms with Crippen molar-refractivity contribution in [1.82, 2.24) is 9.55 Å². The number of benzene rings is 2. The molecular formula is C23H20N4O4S. The second-order valence-electron chi connectivity index (χ2n) is 7.43. The zero-order chi connectivity index (χ0) is 23.0. The number of non-ortho nitro benzene ring substituents is 1. The number of carbonyl (C=O) groups is 1.